The van der Waals surface area contributed by atoms with Crippen LogP contribution in [0.15, 0.2) is 42.7 Å². The fourth-order valence-corrected chi connectivity index (χ4v) is 2.20. The van der Waals surface area contributed by atoms with Gasteiger partial charge in [-0.1, -0.05) is 12.6 Å². The van der Waals surface area contributed by atoms with Crippen molar-refractivity contribution in [2.45, 2.75) is 12.5 Å². The monoisotopic (exact) mass is 258 g/mol. The molecule has 5 heteroatoms. The minimum atomic E-state index is -0.486. The van der Waals surface area contributed by atoms with Crippen molar-refractivity contribution < 1.29 is 13.9 Å². The molecule has 1 atom stereocenters. The summed E-state index contributed by atoms with van der Waals surface area (Å²) in [5, 5.41) is 6.58. The Bertz CT molecular complexity index is 633. The van der Waals surface area contributed by atoms with E-state index in [4.69, 9.17) is 4.74 Å². The number of aromatic amines is 1. The normalized spacial score (nSPS) is 18.7. The van der Waals surface area contributed by atoms with Gasteiger partial charge in [0.15, 0.2) is 0 Å². The predicted octanol–water partition coefficient (Wildman–Crippen LogP) is 2.76. The first-order valence-corrected chi connectivity index (χ1v) is 5.82. The van der Waals surface area contributed by atoms with Crippen LogP contribution in [0.3, 0.4) is 0 Å². The van der Waals surface area contributed by atoms with Gasteiger partial charge in [-0.25, -0.2) is 9.18 Å². The van der Waals surface area contributed by atoms with E-state index in [0.717, 1.165) is 11.1 Å². The maximum atomic E-state index is 13.5. The number of benzene rings is 1. The standard InChI is InChI=1S/C14H11FN2O2/c1-8-4-13(19-14(8)18)12-5-10(15)2-3-11(12)9-6-16-17-7-9/h2-3,5-7,13H,1,4H2,(H,16,17)/t13-/m0/s1. The van der Waals surface area contributed by atoms with Crippen LogP contribution >= 0.6 is 0 Å². The van der Waals surface area contributed by atoms with Crippen LogP contribution < -0.4 is 0 Å². The number of cyclic esters (lactones) is 1. The average molecular weight is 258 g/mol. The highest BCUT2D eigenvalue weighted by Gasteiger charge is 2.30. The van der Waals surface area contributed by atoms with E-state index in [1.165, 1.54) is 12.1 Å². The number of hydrogen-bond donors (Lipinski definition) is 1. The van der Waals surface area contributed by atoms with Crippen molar-refractivity contribution >= 4 is 5.97 Å². The summed E-state index contributed by atoms with van der Waals surface area (Å²) in [6.45, 7) is 3.64. The highest BCUT2D eigenvalue weighted by molar-refractivity contribution is 5.90. The topological polar surface area (TPSA) is 55.0 Å². The van der Waals surface area contributed by atoms with Crippen LogP contribution in [0, 0.1) is 5.82 Å². The fraction of sp³-hybridized carbons (Fsp3) is 0.143. The number of halogens is 1. The Balaban J connectivity index is 2.07. The third kappa shape index (κ3) is 2.03. The lowest BCUT2D eigenvalue weighted by Crippen LogP contribution is -2.01. The number of hydrogen-bond acceptors (Lipinski definition) is 3. The smallest absolute Gasteiger partial charge is 0.334 e. The lowest BCUT2D eigenvalue weighted by Gasteiger charge is -2.13. The molecule has 1 fully saturated rings. The fourth-order valence-electron chi connectivity index (χ4n) is 2.20. The Kier molecular flexibility index (Phi) is 2.67. The van der Waals surface area contributed by atoms with Gasteiger partial charge in [-0.15, -0.1) is 0 Å². The van der Waals surface area contributed by atoms with Crippen LogP contribution in [0.2, 0.25) is 0 Å². The van der Waals surface area contributed by atoms with Crippen LogP contribution in [0.25, 0.3) is 11.1 Å². The number of rotatable bonds is 2. The van der Waals surface area contributed by atoms with E-state index in [-0.39, 0.29) is 5.82 Å². The second kappa shape index (κ2) is 4.35. The van der Waals surface area contributed by atoms with Crippen molar-refractivity contribution in [3.05, 3.63) is 54.1 Å². The Morgan fingerprint density at radius 2 is 2.32 bits per heavy atom. The molecule has 1 aromatic carbocycles. The van der Waals surface area contributed by atoms with Crippen LogP contribution in [0.5, 0.6) is 0 Å². The van der Waals surface area contributed by atoms with Crippen LogP contribution in [0.4, 0.5) is 4.39 Å². The number of aromatic nitrogens is 2. The first kappa shape index (κ1) is 11.6. The number of ether oxygens (including phenoxy) is 1. The molecule has 0 saturated carbocycles. The molecule has 1 aliphatic heterocycles. The molecule has 4 nitrogen and oxygen atoms in total. The van der Waals surface area contributed by atoms with Crippen LogP contribution in [0.1, 0.15) is 18.1 Å². The van der Waals surface area contributed by atoms with Gasteiger partial charge >= 0.3 is 5.97 Å². The Hall–Kier alpha value is -2.43. The van der Waals surface area contributed by atoms with E-state index in [9.17, 15) is 9.18 Å². The predicted molar refractivity (Wildman–Crippen MR) is 66.6 cm³/mol. The van der Waals surface area contributed by atoms with Gasteiger partial charge in [-0.05, 0) is 17.7 Å². The lowest BCUT2D eigenvalue weighted by atomic mass is 9.96. The molecule has 2 aromatic rings. The van der Waals surface area contributed by atoms with Gasteiger partial charge in [0.25, 0.3) is 0 Å². The molecule has 0 unspecified atom stereocenters. The third-order valence-electron chi connectivity index (χ3n) is 3.14. The number of carbonyl (C=O) groups is 1. The number of nitrogens with zero attached hydrogens (tertiary/aromatic N) is 1. The van der Waals surface area contributed by atoms with Crippen molar-refractivity contribution in [2.75, 3.05) is 0 Å². The number of carbonyl (C=O) groups excluding carboxylic acids is 1. The summed E-state index contributed by atoms with van der Waals surface area (Å²) in [6, 6.07) is 4.42. The summed E-state index contributed by atoms with van der Waals surface area (Å²) in [7, 11) is 0. The molecule has 0 aliphatic carbocycles. The summed E-state index contributed by atoms with van der Waals surface area (Å²) >= 11 is 0. The van der Waals surface area contributed by atoms with Crippen LogP contribution in [-0.2, 0) is 9.53 Å². The van der Waals surface area contributed by atoms with Crippen molar-refractivity contribution in [3.8, 4) is 11.1 Å². The molecule has 0 bridgehead atoms. The second-order valence-electron chi connectivity index (χ2n) is 4.42. The summed E-state index contributed by atoms with van der Waals surface area (Å²) in [5.41, 5.74) is 2.66. The van der Waals surface area contributed by atoms with Gasteiger partial charge in [0, 0.05) is 29.3 Å². The molecular formula is C14H11FN2O2. The van der Waals surface area contributed by atoms with Crippen LogP contribution in [-0.4, -0.2) is 16.2 Å². The van der Waals surface area contributed by atoms with E-state index in [1.54, 1.807) is 18.5 Å². The SMILES string of the molecule is C=C1C[C@@H](c2cc(F)ccc2-c2cn[nH]c2)OC1=O. The van der Waals surface area contributed by atoms with Crippen molar-refractivity contribution in [3.63, 3.8) is 0 Å². The zero-order valence-corrected chi connectivity index (χ0v) is 10.0. The molecule has 0 spiro atoms. The summed E-state index contributed by atoms with van der Waals surface area (Å²) in [5.74, 6) is -0.789. The molecule has 1 saturated heterocycles. The highest BCUT2D eigenvalue weighted by Crippen LogP contribution is 2.37. The van der Waals surface area contributed by atoms with Gasteiger partial charge in [0.2, 0.25) is 0 Å². The molecule has 2 heterocycles. The van der Waals surface area contributed by atoms with Gasteiger partial charge in [-0.3, -0.25) is 5.10 Å². The molecule has 1 aromatic heterocycles. The van der Waals surface area contributed by atoms with Gasteiger partial charge in [0.1, 0.15) is 11.9 Å². The van der Waals surface area contributed by atoms with Crippen molar-refractivity contribution in [1.29, 1.82) is 0 Å². The molecule has 19 heavy (non-hydrogen) atoms. The highest BCUT2D eigenvalue weighted by atomic mass is 19.1. The van der Waals surface area contributed by atoms with Gasteiger partial charge < -0.3 is 4.74 Å². The van der Waals surface area contributed by atoms with E-state index >= 15 is 0 Å². The van der Waals surface area contributed by atoms with E-state index in [0.29, 0.717) is 17.6 Å². The Labute approximate surface area is 108 Å². The Morgan fingerprint density at radius 3 is 2.95 bits per heavy atom. The van der Waals surface area contributed by atoms with E-state index in [1.807, 2.05) is 0 Å². The zero-order valence-electron chi connectivity index (χ0n) is 10.0. The quantitative estimate of drug-likeness (QED) is 0.665. The second-order valence-corrected chi connectivity index (χ2v) is 4.42. The zero-order chi connectivity index (χ0) is 13.4. The molecule has 3 rings (SSSR count). The third-order valence-corrected chi connectivity index (χ3v) is 3.14. The van der Waals surface area contributed by atoms with Gasteiger partial charge in [0.05, 0.1) is 6.20 Å². The summed E-state index contributed by atoms with van der Waals surface area (Å²) in [4.78, 5) is 11.4. The lowest BCUT2D eigenvalue weighted by molar-refractivity contribution is -0.139. The summed E-state index contributed by atoms with van der Waals surface area (Å²) < 4.78 is 18.7. The molecule has 1 aliphatic rings. The first-order chi connectivity index (χ1) is 9.15. The number of nitrogens with one attached hydrogen (secondary N) is 1. The van der Waals surface area contributed by atoms with Crippen molar-refractivity contribution in [1.82, 2.24) is 10.2 Å². The number of esters is 1. The van der Waals surface area contributed by atoms with E-state index < -0.39 is 12.1 Å². The van der Waals surface area contributed by atoms with Gasteiger partial charge in [-0.2, -0.15) is 5.10 Å². The first-order valence-electron chi connectivity index (χ1n) is 5.82. The largest absolute Gasteiger partial charge is 0.454 e. The Morgan fingerprint density at radius 1 is 1.47 bits per heavy atom. The molecule has 0 radical (unpaired) electrons. The van der Waals surface area contributed by atoms with Crippen molar-refractivity contribution in [2.24, 2.45) is 0 Å². The molecule has 0 amide bonds. The number of H-pyrrole nitrogens is 1. The molecule has 1 N–H and O–H groups in total. The minimum Gasteiger partial charge on any atom is -0.454 e. The molecular weight excluding hydrogens is 247 g/mol. The molecule has 96 valence electrons. The van der Waals surface area contributed by atoms with E-state index in [2.05, 4.69) is 16.8 Å². The summed E-state index contributed by atoms with van der Waals surface area (Å²) in [6.07, 6.45) is 3.25. The minimum absolute atomic E-state index is 0.365. The maximum Gasteiger partial charge on any atom is 0.334 e. The maximum absolute atomic E-state index is 13.5. The average Bonchev–Trinajstić information content (AvgIpc) is 3.00.